The van der Waals surface area contributed by atoms with Gasteiger partial charge in [0.15, 0.2) is 0 Å². The summed E-state index contributed by atoms with van der Waals surface area (Å²) in [6.07, 6.45) is 8.12. The maximum atomic E-state index is 4.72. The Labute approximate surface area is 134 Å². The molecule has 1 unspecified atom stereocenters. The lowest BCUT2D eigenvalue weighted by Gasteiger charge is -2.29. The monoisotopic (exact) mass is 319 g/mol. The van der Waals surface area contributed by atoms with Crippen LogP contribution in [0.25, 0.3) is 10.2 Å². The van der Waals surface area contributed by atoms with Gasteiger partial charge in [0.05, 0.1) is 5.39 Å². The molecule has 1 saturated heterocycles. The molecule has 3 nitrogen and oxygen atoms in total. The molecule has 0 saturated carbocycles. The molecule has 4 rings (SSSR count). The van der Waals surface area contributed by atoms with E-state index in [1.165, 1.54) is 59.6 Å². The van der Waals surface area contributed by atoms with Gasteiger partial charge in [-0.15, -0.1) is 11.3 Å². The molecule has 0 spiro atoms. The Morgan fingerprint density at radius 2 is 2.10 bits per heavy atom. The summed E-state index contributed by atoms with van der Waals surface area (Å²) in [5.74, 6) is 3.69. The van der Waals surface area contributed by atoms with Gasteiger partial charge in [0, 0.05) is 23.2 Å². The molecule has 112 valence electrons. The number of aromatic nitrogens is 2. The molecule has 1 atom stereocenters. The quantitative estimate of drug-likeness (QED) is 0.797. The van der Waals surface area contributed by atoms with E-state index >= 15 is 0 Å². The van der Waals surface area contributed by atoms with E-state index in [2.05, 4.69) is 28.6 Å². The van der Waals surface area contributed by atoms with Crippen molar-refractivity contribution >= 4 is 39.1 Å². The normalized spacial score (nSPS) is 23.1. The fourth-order valence-electron chi connectivity index (χ4n) is 3.50. The lowest BCUT2D eigenvalue weighted by molar-refractivity contribution is 0.639. The van der Waals surface area contributed by atoms with E-state index in [9.17, 15) is 0 Å². The molecule has 0 N–H and O–H groups in total. The van der Waals surface area contributed by atoms with E-state index in [0.717, 1.165) is 6.54 Å². The van der Waals surface area contributed by atoms with Crippen LogP contribution in [0.5, 0.6) is 0 Å². The predicted molar refractivity (Wildman–Crippen MR) is 92.8 cm³/mol. The van der Waals surface area contributed by atoms with Crippen molar-refractivity contribution in [2.24, 2.45) is 0 Å². The third-order valence-corrected chi connectivity index (χ3v) is 6.89. The Morgan fingerprint density at radius 1 is 1.19 bits per heavy atom. The molecular weight excluding hydrogens is 298 g/mol. The van der Waals surface area contributed by atoms with E-state index in [4.69, 9.17) is 4.98 Å². The van der Waals surface area contributed by atoms with E-state index in [1.807, 2.05) is 11.3 Å². The summed E-state index contributed by atoms with van der Waals surface area (Å²) in [7, 11) is 0. The van der Waals surface area contributed by atoms with E-state index in [-0.39, 0.29) is 0 Å². The van der Waals surface area contributed by atoms with Gasteiger partial charge in [0.25, 0.3) is 0 Å². The highest BCUT2D eigenvalue weighted by Crippen LogP contribution is 2.40. The predicted octanol–water partition coefficient (Wildman–Crippen LogP) is 3.90. The van der Waals surface area contributed by atoms with Gasteiger partial charge >= 0.3 is 0 Å². The highest BCUT2D eigenvalue weighted by molar-refractivity contribution is 7.99. The number of fused-ring (bicyclic) bond motifs is 3. The van der Waals surface area contributed by atoms with Gasteiger partial charge in [-0.3, -0.25) is 0 Å². The van der Waals surface area contributed by atoms with E-state index in [0.29, 0.717) is 6.04 Å². The fraction of sp³-hybridized carbons (Fsp3) is 0.625. The minimum atomic E-state index is 0.581. The van der Waals surface area contributed by atoms with Crippen LogP contribution in [0.15, 0.2) is 6.33 Å². The van der Waals surface area contributed by atoms with Gasteiger partial charge < -0.3 is 4.90 Å². The molecule has 1 aliphatic heterocycles. The third kappa shape index (κ3) is 2.44. The summed E-state index contributed by atoms with van der Waals surface area (Å²) in [5, 5.41) is 1.37. The van der Waals surface area contributed by atoms with Crippen LogP contribution in [0.1, 0.15) is 36.6 Å². The first-order chi connectivity index (χ1) is 10.3. The SMILES string of the molecule is CC1CCSCCN1c1ncnc2sc3c(c12)CCCC3. The minimum absolute atomic E-state index is 0.581. The summed E-state index contributed by atoms with van der Waals surface area (Å²) in [4.78, 5) is 14.6. The van der Waals surface area contributed by atoms with Crippen LogP contribution in [0, 0.1) is 0 Å². The van der Waals surface area contributed by atoms with Gasteiger partial charge in [-0.25, -0.2) is 9.97 Å². The largest absolute Gasteiger partial charge is 0.352 e. The van der Waals surface area contributed by atoms with E-state index in [1.54, 1.807) is 16.8 Å². The summed E-state index contributed by atoms with van der Waals surface area (Å²) in [6.45, 7) is 3.46. The van der Waals surface area contributed by atoms with Crippen LogP contribution in [-0.2, 0) is 12.8 Å². The average molecular weight is 319 g/mol. The maximum Gasteiger partial charge on any atom is 0.141 e. The maximum absolute atomic E-state index is 4.72. The molecule has 0 aromatic carbocycles. The molecule has 0 radical (unpaired) electrons. The zero-order valence-electron chi connectivity index (χ0n) is 12.5. The summed E-state index contributed by atoms with van der Waals surface area (Å²) >= 11 is 3.97. The second-order valence-electron chi connectivity index (χ2n) is 6.03. The Balaban J connectivity index is 1.85. The second kappa shape index (κ2) is 5.76. The van der Waals surface area contributed by atoms with Crippen molar-refractivity contribution < 1.29 is 0 Å². The summed E-state index contributed by atoms with van der Waals surface area (Å²) < 4.78 is 0. The van der Waals surface area contributed by atoms with Crippen LogP contribution < -0.4 is 4.90 Å². The molecule has 2 aromatic heterocycles. The summed E-state index contributed by atoms with van der Waals surface area (Å²) in [6, 6.07) is 0.581. The lowest BCUT2D eigenvalue weighted by Crippen LogP contribution is -2.34. The van der Waals surface area contributed by atoms with Crippen molar-refractivity contribution in [3.8, 4) is 0 Å². The number of nitrogens with zero attached hydrogens (tertiary/aromatic N) is 3. The fourth-order valence-corrected chi connectivity index (χ4v) is 5.76. The first-order valence-electron chi connectivity index (χ1n) is 7.94. The third-order valence-electron chi connectivity index (χ3n) is 4.69. The highest BCUT2D eigenvalue weighted by atomic mass is 32.2. The van der Waals surface area contributed by atoms with Crippen molar-refractivity contribution in [3.05, 3.63) is 16.8 Å². The molecule has 3 heterocycles. The topological polar surface area (TPSA) is 29.0 Å². The van der Waals surface area contributed by atoms with Gasteiger partial charge in [-0.1, -0.05) is 0 Å². The first kappa shape index (κ1) is 13.8. The number of rotatable bonds is 1. The van der Waals surface area contributed by atoms with Crippen LogP contribution >= 0.6 is 23.1 Å². The van der Waals surface area contributed by atoms with Gasteiger partial charge in [0.1, 0.15) is 17.0 Å². The molecular formula is C16H21N3S2. The molecule has 5 heteroatoms. The summed E-state index contributed by atoms with van der Waals surface area (Å²) in [5.41, 5.74) is 1.56. The minimum Gasteiger partial charge on any atom is -0.352 e. The van der Waals surface area contributed by atoms with Gasteiger partial charge in [-0.2, -0.15) is 11.8 Å². The molecule has 2 aliphatic rings. The second-order valence-corrected chi connectivity index (χ2v) is 8.34. The number of hydrogen-bond acceptors (Lipinski definition) is 5. The Hall–Kier alpha value is -0.810. The van der Waals surface area contributed by atoms with Crippen LogP contribution in [0.3, 0.4) is 0 Å². The number of aryl methyl sites for hydroxylation is 2. The van der Waals surface area contributed by atoms with E-state index < -0.39 is 0 Å². The van der Waals surface area contributed by atoms with Crippen molar-refractivity contribution in [1.29, 1.82) is 0 Å². The zero-order valence-corrected chi connectivity index (χ0v) is 14.1. The van der Waals surface area contributed by atoms with Crippen molar-refractivity contribution in [3.63, 3.8) is 0 Å². The number of thioether (sulfide) groups is 1. The molecule has 2 aromatic rings. The number of thiophene rings is 1. The van der Waals surface area contributed by atoms with Crippen molar-refractivity contribution in [2.45, 2.75) is 45.1 Å². The van der Waals surface area contributed by atoms with Crippen molar-refractivity contribution in [1.82, 2.24) is 9.97 Å². The van der Waals surface area contributed by atoms with Crippen LogP contribution in [0.4, 0.5) is 5.82 Å². The molecule has 1 aliphatic carbocycles. The average Bonchev–Trinajstić information content (AvgIpc) is 2.76. The molecule has 21 heavy (non-hydrogen) atoms. The van der Waals surface area contributed by atoms with Gasteiger partial charge in [0.2, 0.25) is 0 Å². The smallest absolute Gasteiger partial charge is 0.141 e. The highest BCUT2D eigenvalue weighted by Gasteiger charge is 2.25. The Bertz CT molecular complexity index is 652. The zero-order chi connectivity index (χ0) is 14.2. The number of anilines is 1. The molecule has 0 amide bonds. The Kier molecular flexibility index (Phi) is 3.79. The van der Waals surface area contributed by atoms with Gasteiger partial charge in [-0.05, 0) is 50.3 Å². The molecule has 0 bridgehead atoms. The van der Waals surface area contributed by atoms with Crippen LogP contribution in [0.2, 0.25) is 0 Å². The Morgan fingerprint density at radius 3 is 3.05 bits per heavy atom. The lowest BCUT2D eigenvalue weighted by atomic mass is 9.96. The van der Waals surface area contributed by atoms with Crippen LogP contribution in [-0.4, -0.2) is 34.1 Å². The number of hydrogen-bond donors (Lipinski definition) is 0. The van der Waals surface area contributed by atoms with Crippen molar-refractivity contribution in [2.75, 3.05) is 23.0 Å². The molecule has 1 fully saturated rings. The first-order valence-corrected chi connectivity index (χ1v) is 9.91. The standard InChI is InChI=1S/C16H21N3S2/c1-11-6-8-20-9-7-19(11)15-14-12-4-2-3-5-13(12)21-16(14)18-10-17-15/h10-11H,2-9H2,1H3.